The van der Waals surface area contributed by atoms with Crippen LogP contribution in [0, 0.1) is 17.2 Å². The Labute approximate surface area is 175 Å². The van der Waals surface area contributed by atoms with Gasteiger partial charge in [-0.1, -0.05) is 12.1 Å². The Morgan fingerprint density at radius 2 is 1.90 bits per heavy atom. The van der Waals surface area contributed by atoms with Crippen LogP contribution in [-0.2, 0) is 0 Å². The minimum atomic E-state index is -0.665. The number of nitrogens with one attached hydrogen (secondary N) is 1. The Bertz CT molecular complexity index is 1100. The second-order valence-corrected chi connectivity index (χ2v) is 8.55. The molecular weight excluding hydrogens is 378 g/mol. The topological polar surface area (TPSA) is 99.1 Å². The van der Waals surface area contributed by atoms with Crippen molar-refractivity contribution in [3.05, 3.63) is 53.9 Å². The Morgan fingerprint density at radius 3 is 2.53 bits per heavy atom. The van der Waals surface area contributed by atoms with Crippen LogP contribution in [0.2, 0.25) is 0 Å². The van der Waals surface area contributed by atoms with Gasteiger partial charge in [0.1, 0.15) is 17.3 Å². The van der Waals surface area contributed by atoms with Crippen LogP contribution in [0.3, 0.4) is 0 Å². The number of nitrogens with zero attached hydrogens (tertiary/aromatic N) is 2. The standard InChI is InChI=1S/C24H25N3O3/c1-24(2,29)17-7-9-18(10-8-17)27-23(28)16-5-3-15(4-6-16)22-20-11-12-30-21(20)13-19(14-25)26-22/h3-6,11-13,17-18,29H,7-10H2,1-2H3,(H,27,28). The van der Waals surface area contributed by atoms with Crippen LogP contribution in [0.15, 0.2) is 47.1 Å². The van der Waals surface area contributed by atoms with Crippen molar-refractivity contribution in [2.45, 2.75) is 51.2 Å². The van der Waals surface area contributed by atoms with E-state index in [1.807, 2.05) is 32.0 Å². The number of hydrogen-bond donors (Lipinski definition) is 2. The molecule has 0 atom stereocenters. The molecule has 1 fully saturated rings. The van der Waals surface area contributed by atoms with Crippen molar-refractivity contribution in [3.8, 4) is 17.3 Å². The van der Waals surface area contributed by atoms with E-state index in [1.165, 1.54) is 0 Å². The minimum absolute atomic E-state index is 0.0968. The number of nitriles is 1. The molecule has 4 rings (SSSR count). The smallest absolute Gasteiger partial charge is 0.251 e. The van der Waals surface area contributed by atoms with Gasteiger partial charge in [0, 0.05) is 28.6 Å². The molecule has 0 radical (unpaired) electrons. The van der Waals surface area contributed by atoms with E-state index in [-0.39, 0.29) is 23.6 Å². The Kier molecular flexibility index (Phi) is 5.31. The molecule has 1 aliphatic rings. The molecule has 2 aromatic heterocycles. The molecule has 1 aromatic carbocycles. The number of pyridine rings is 1. The summed E-state index contributed by atoms with van der Waals surface area (Å²) in [6.07, 6.45) is 5.15. The molecule has 6 heteroatoms. The minimum Gasteiger partial charge on any atom is -0.464 e. The van der Waals surface area contributed by atoms with Crippen molar-refractivity contribution in [1.29, 1.82) is 5.26 Å². The molecule has 1 aliphatic carbocycles. The van der Waals surface area contributed by atoms with E-state index < -0.39 is 5.60 Å². The number of hydrogen-bond acceptors (Lipinski definition) is 5. The summed E-state index contributed by atoms with van der Waals surface area (Å²) >= 11 is 0. The van der Waals surface area contributed by atoms with Crippen molar-refractivity contribution in [3.63, 3.8) is 0 Å². The Balaban J connectivity index is 1.46. The molecule has 2 heterocycles. The van der Waals surface area contributed by atoms with Crippen molar-refractivity contribution >= 4 is 16.9 Å². The lowest BCUT2D eigenvalue weighted by Crippen LogP contribution is -2.41. The third-order valence-corrected chi connectivity index (χ3v) is 6.05. The third kappa shape index (κ3) is 4.07. The number of carbonyl (C=O) groups is 1. The number of fused-ring (bicyclic) bond motifs is 1. The number of amides is 1. The number of benzene rings is 1. The maximum atomic E-state index is 12.7. The van der Waals surface area contributed by atoms with Gasteiger partial charge in [0.15, 0.2) is 0 Å². The fourth-order valence-electron chi connectivity index (χ4n) is 4.24. The molecule has 1 amide bonds. The van der Waals surface area contributed by atoms with E-state index in [9.17, 15) is 15.2 Å². The largest absolute Gasteiger partial charge is 0.464 e. The summed E-state index contributed by atoms with van der Waals surface area (Å²) in [5.41, 5.74) is 2.30. The lowest BCUT2D eigenvalue weighted by atomic mass is 9.77. The predicted octanol–water partition coefficient (Wildman–Crippen LogP) is 4.43. The lowest BCUT2D eigenvalue weighted by molar-refractivity contribution is -0.00257. The van der Waals surface area contributed by atoms with Crippen molar-refractivity contribution in [2.24, 2.45) is 5.92 Å². The van der Waals surface area contributed by atoms with Crippen LogP contribution in [0.1, 0.15) is 55.6 Å². The van der Waals surface area contributed by atoms with E-state index in [4.69, 9.17) is 4.42 Å². The monoisotopic (exact) mass is 403 g/mol. The first-order chi connectivity index (χ1) is 14.3. The highest BCUT2D eigenvalue weighted by atomic mass is 16.3. The highest BCUT2D eigenvalue weighted by Crippen LogP contribution is 2.33. The highest BCUT2D eigenvalue weighted by molar-refractivity contribution is 5.96. The summed E-state index contributed by atoms with van der Waals surface area (Å²) in [5, 5.41) is 23.3. The summed E-state index contributed by atoms with van der Waals surface area (Å²) in [6.45, 7) is 3.72. The van der Waals surface area contributed by atoms with Crippen LogP contribution < -0.4 is 5.32 Å². The van der Waals surface area contributed by atoms with Gasteiger partial charge in [-0.05, 0) is 63.6 Å². The van der Waals surface area contributed by atoms with E-state index >= 15 is 0 Å². The number of carbonyl (C=O) groups excluding carboxylic acids is 1. The zero-order valence-corrected chi connectivity index (χ0v) is 17.2. The normalized spacial score (nSPS) is 19.4. The zero-order chi connectivity index (χ0) is 21.3. The average Bonchev–Trinajstić information content (AvgIpc) is 3.21. The third-order valence-electron chi connectivity index (χ3n) is 6.05. The molecule has 6 nitrogen and oxygen atoms in total. The molecule has 30 heavy (non-hydrogen) atoms. The molecule has 154 valence electrons. The SMILES string of the molecule is CC(C)(O)C1CCC(NC(=O)c2ccc(-c3nc(C#N)cc4occc34)cc2)CC1. The molecule has 0 spiro atoms. The fraction of sp³-hybridized carbons (Fsp3) is 0.375. The molecule has 0 unspecified atom stereocenters. The van der Waals surface area contributed by atoms with Gasteiger partial charge in [0.05, 0.1) is 17.6 Å². The molecule has 2 N–H and O–H groups in total. The first-order valence-corrected chi connectivity index (χ1v) is 10.3. The maximum Gasteiger partial charge on any atom is 0.251 e. The molecule has 3 aromatic rings. The summed E-state index contributed by atoms with van der Waals surface area (Å²) in [4.78, 5) is 17.1. The number of aromatic nitrogens is 1. The molecular formula is C24H25N3O3. The van der Waals surface area contributed by atoms with Gasteiger partial charge in [-0.3, -0.25) is 4.79 Å². The lowest BCUT2D eigenvalue weighted by Gasteiger charge is -2.36. The van der Waals surface area contributed by atoms with Crippen molar-refractivity contribution < 1.29 is 14.3 Å². The van der Waals surface area contributed by atoms with Crippen molar-refractivity contribution in [1.82, 2.24) is 10.3 Å². The van der Waals surface area contributed by atoms with Crippen molar-refractivity contribution in [2.75, 3.05) is 0 Å². The van der Waals surface area contributed by atoms with Gasteiger partial charge in [0.2, 0.25) is 0 Å². The Hall–Kier alpha value is -3.17. The van der Waals surface area contributed by atoms with Crippen LogP contribution in [0.25, 0.3) is 22.2 Å². The van der Waals surface area contributed by atoms with E-state index in [1.54, 1.807) is 24.5 Å². The summed E-state index contributed by atoms with van der Waals surface area (Å²) in [6, 6.07) is 12.9. The molecule has 0 saturated heterocycles. The van der Waals surface area contributed by atoms with Crippen LogP contribution in [0.5, 0.6) is 0 Å². The zero-order valence-electron chi connectivity index (χ0n) is 17.2. The second-order valence-electron chi connectivity index (χ2n) is 8.55. The second kappa shape index (κ2) is 7.92. The van der Waals surface area contributed by atoms with E-state index in [2.05, 4.69) is 16.4 Å². The summed E-state index contributed by atoms with van der Waals surface area (Å²) in [7, 11) is 0. The first-order valence-electron chi connectivity index (χ1n) is 10.3. The predicted molar refractivity (Wildman–Crippen MR) is 114 cm³/mol. The van der Waals surface area contributed by atoms with Crippen LogP contribution >= 0.6 is 0 Å². The summed E-state index contributed by atoms with van der Waals surface area (Å²) in [5.74, 6) is 0.182. The van der Waals surface area contributed by atoms with Crippen LogP contribution in [0.4, 0.5) is 0 Å². The molecule has 1 saturated carbocycles. The van der Waals surface area contributed by atoms with Gasteiger partial charge in [-0.2, -0.15) is 5.26 Å². The fourth-order valence-corrected chi connectivity index (χ4v) is 4.24. The number of rotatable bonds is 4. The molecule has 0 bridgehead atoms. The first kappa shape index (κ1) is 20.1. The summed E-state index contributed by atoms with van der Waals surface area (Å²) < 4.78 is 5.43. The van der Waals surface area contributed by atoms with Gasteiger partial charge in [-0.15, -0.1) is 0 Å². The van der Waals surface area contributed by atoms with Gasteiger partial charge >= 0.3 is 0 Å². The van der Waals surface area contributed by atoms with Gasteiger partial charge < -0.3 is 14.8 Å². The average molecular weight is 403 g/mol. The maximum absolute atomic E-state index is 12.7. The highest BCUT2D eigenvalue weighted by Gasteiger charge is 2.31. The number of furan rings is 1. The van der Waals surface area contributed by atoms with Gasteiger partial charge in [0.25, 0.3) is 5.91 Å². The van der Waals surface area contributed by atoms with E-state index in [0.29, 0.717) is 16.8 Å². The number of aliphatic hydroxyl groups is 1. The van der Waals surface area contributed by atoms with Crippen LogP contribution in [-0.4, -0.2) is 27.6 Å². The molecule has 0 aliphatic heterocycles. The van der Waals surface area contributed by atoms with Gasteiger partial charge in [-0.25, -0.2) is 4.98 Å². The Morgan fingerprint density at radius 1 is 1.20 bits per heavy atom. The van der Waals surface area contributed by atoms with E-state index in [0.717, 1.165) is 36.6 Å². The quantitative estimate of drug-likeness (QED) is 0.671.